The van der Waals surface area contributed by atoms with Gasteiger partial charge >= 0.3 is 11.9 Å². The summed E-state index contributed by atoms with van der Waals surface area (Å²) < 4.78 is 9.44. The maximum absolute atomic E-state index is 10.8. The van der Waals surface area contributed by atoms with Crippen molar-refractivity contribution in [3.63, 3.8) is 0 Å². The van der Waals surface area contributed by atoms with Crippen LogP contribution >= 0.6 is 11.6 Å². The Hall–Kier alpha value is -1.29. The third-order valence-corrected chi connectivity index (χ3v) is 2.81. The van der Waals surface area contributed by atoms with Crippen molar-refractivity contribution >= 4 is 23.5 Å². The molecular formula is C16H27ClO4. The van der Waals surface area contributed by atoms with Crippen LogP contribution in [0, 0.1) is 5.92 Å². The molecule has 0 amide bonds. The predicted octanol–water partition coefficient (Wildman–Crippen LogP) is 3.89. The molecule has 0 saturated heterocycles. The summed E-state index contributed by atoms with van der Waals surface area (Å²) in [5, 5.41) is 0. The number of carbonyl (C=O) groups excluding carboxylic acids is 2. The Morgan fingerprint density at radius 2 is 1.71 bits per heavy atom. The predicted molar refractivity (Wildman–Crippen MR) is 86.3 cm³/mol. The lowest BCUT2D eigenvalue weighted by molar-refractivity contribution is -0.139. The normalized spacial score (nSPS) is 10.6. The second kappa shape index (κ2) is 16.8. The summed E-state index contributed by atoms with van der Waals surface area (Å²) >= 11 is 5.19. The smallest absolute Gasteiger partial charge is 0.330 e. The van der Waals surface area contributed by atoms with Crippen LogP contribution in [0.3, 0.4) is 0 Å². The van der Waals surface area contributed by atoms with Gasteiger partial charge in [-0.15, -0.1) is 11.6 Å². The van der Waals surface area contributed by atoms with Crippen molar-refractivity contribution in [1.82, 2.24) is 0 Å². The van der Waals surface area contributed by atoms with E-state index in [1.165, 1.54) is 18.9 Å². The monoisotopic (exact) mass is 318 g/mol. The number of hydrogen-bond acceptors (Lipinski definition) is 4. The maximum Gasteiger partial charge on any atom is 0.330 e. The van der Waals surface area contributed by atoms with Crippen LogP contribution in [0.25, 0.3) is 0 Å². The molecule has 5 heteroatoms. The minimum atomic E-state index is -0.425. The molecule has 0 bridgehead atoms. The van der Waals surface area contributed by atoms with Crippen LogP contribution in [0.15, 0.2) is 25.3 Å². The average Bonchev–Trinajstić information content (AvgIpc) is 2.52. The molecule has 1 unspecified atom stereocenters. The van der Waals surface area contributed by atoms with Gasteiger partial charge in [0.25, 0.3) is 0 Å². The van der Waals surface area contributed by atoms with E-state index in [2.05, 4.69) is 31.7 Å². The van der Waals surface area contributed by atoms with E-state index in [4.69, 9.17) is 16.3 Å². The molecule has 0 saturated carbocycles. The highest BCUT2D eigenvalue weighted by atomic mass is 35.5. The zero-order valence-electron chi connectivity index (χ0n) is 13.1. The summed E-state index contributed by atoms with van der Waals surface area (Å²) in [7, 11) is 0. The zero-order valence-corrected chi connectivity index (χ0v) is 13.9. The van der Waals surface area contributed by atoms with E-state index in [9.17, 15) is 9.59 Å². The Bertz CT molecular complexity index is 303. The lowest BCUT2D eigenvalue weighted by Gasteiger charge is -2.13. The summed E-state index contributed by atoms with van der Waals surface area (Å²) in [6.07, 6.45) is 6.96. The Morgan fingerprint density at radius 3 is 2.14 bits per heavy atom. The van der Waals surface area contributed by atoms with E-state index in [0.29, 0.717) is 18.4 Å². The van der Waals surface area contributed by atoms with Gasteiger partial charge in [-0.1, -0.05) is 46.3 Å². The zero-order chi connectivity index (χ0) is 16.5. The number of esters is 2. The molecule has 0 heterocycles. The molecule has 0 aliphatic carbocycles. The quantitative estimate of drug-likeness (QED) is 0.348. The first-order chi connectivity index (χ1) is 10.0. The fourth-order valence-electron chi connectivity index (χ4n) is 1.36. The van der Waals surface area contributed by atoms with Crippen molar-refractivity contribution in [2.24, 2.45) is 5.92 Å². The third kappa shape index (κ3) is 16.7. The van der Waals surface area contributed by atoms with E-state index < -0.39 is 5.97 Å². The van der Waals surface area contributed by atoms with Crippen LogP contribution < -0.4 is 0 Å². The van der Waals surface area contributed by atoms with Crippen molar-refractivity contribution in [3.8, 4) is 0 Å². The molecule has 0 N–H and O–H groups in total. The first-order valence-electron chi connectivity index (χ1n) is 7.19. The van der Waals surface area contributed by atoms with E-state index >= 15 is 0 Å². The van der Waals surface area contributed by atoms with Gasteiger partial charge in [-0.25, -0.2) is 9.59 Å². The highest BCUT2D eigenvalue weighted by Gasteiger charge is 2.07. The number of ether oxygens (including phenoxy) is 2. The van der Waals surface area contributed by atoms with E-state index in [0.717, 1.165) is 18.9 Å². The minimum absolute atomic E-state index is 0.256. The number of halogens is 1. The summed E-state index contributed by atoms with van der Waals surface area (Å²) in [6.45, 7) is 11.6. The van der Waals surface area contributed by atoms with E-state index in [1.807, 2.05) is 0 Å². The summed E-state index contributed by atoms with van der Waals surface area (Å²) in [5.74, 6) is 0.115. The fraction of sp³-hybridized carbons (Fsp3) is 0.625. The van der Waals surface area contributed by atoms with Crippen LogP contribution in [0.2, 0.25) is 0 Å². The first kappa shape index (κ1) is 22.0. The molecule has 4 nitrogen and oxygen atoms in total. The van der Waals surface area contributed by atoms with Gasteiger partial charge in [-0.2, -0.15) is 0 Å². The second-order valence-electron chi connectivity index (χ2n) is 4.31. The standard InChI is InChI=1S/C11H20O2.C5H7ClO2/c1-4-7-8-10(5-2)9-13-11(12)6-3;1-2-5(7)8-4-3-6/h6,10H,3-5,7-9H2,1-2H3;2H,1,3-4H2. The summed E-state index contributed by atoms with van der Waals surface area (Å²) in [4.78, 5) is 20.9. The molecule has 0 radical (unpaired) electrons. The molecule has 0 aromatic heterocycles. The van der Waals surface area contributed by atoms with Gasteiger partial charge in [0.15, 0.2) is 0 Å². The van der Waals surface area contributed by atoms with Crippen molar-refractivity contribution < 1.29 is 19.1 Å². The number of carbonyl (C=O) groups is 2. The molecule has 21 heavy (non-hydrogen) atoms. The van der Waals surface area contributed by atoms with Gasteiger partial charge < -0.3 is 9.47 Å². The molecule has 0 aromatic carbocycles. The van der Waals surface area contributed by atoms with Crippen LogP contribution in [-0.2, 0) is 19.1 Å². The Labute approximate surface area is 133 Å². The van der Waals surface area contributed by atoms with Crippen molar-refractivity contribution in [1.29, 1.82) is 0 Å². The van der Waals surface area contributed by atoms with Crippen LogP contribution in [-0.4, -0.2) is 31.0 Å². The molecule has 0 fully saturated rings. The van der Waals surface area contributed by atoms with Crippen molar-refractivity contribution in [3.05, 3.63) is 25.3 Å². The molecule has 0 aromatic rings. The number of hydrogen-bond donors (Lipinski definition) is 0. The number of alkyl halides is 1. The summed E-state index contributed by atoms with van der Waals surface area (Å²) in [5.41, 5.74) is 0. The number of unbranched alkanes of at least 4 members (excludes halogenated alkanes) is 1. The topological polar surface area (TPSA) is 52.6 Å². The molecule has 1 atom stereocenters. The van der Waals surface area contributed by atoms with Gasteiger partial charge in [0, 0.05) is 12.2 Å². The van der Waals surface area contributed by atoms with Crippen molar-refractivity contribution in [2.45, 2.75) is 39.5 Å². The SMILES string of the molecule is C=CC(=O)OCC(CC)CCCC.C=CC(=O)OCCCl. The molecule has 0 aliphatic rings. The Morgan fingerprint density at radius 1 is 1.14 bits per heavy atom. The molecular weight excluding hydrogens is 292 g/mol. The maximum atomic E-state index is 10.8. The van der Waals surface area contributed by atoms with Crippen molar-refractivity contribution in [2.75, 3.05) is 19.1 Å². The van der Waals surface area contributed by atoms with Gasteiger partial charge in [0.2, 0.25) is 0 Å². The molecule has 122 valence electrons. The highest BCUT2D eigenvalue weighted by Crippen LogP contribution is 2.12. The fourth-order valence-corrected chi connectivity index (χ4v) is 1.43. The van der Waals surface area contributed by atoms with E-state index in [1.54, 1.807) is 0 Å². The van der Waals surface area contributed by atoms with Crippen LogP contribution in [0.4, 0.5) is 0 Å². The summed E-state index contributed by atoms with van der Waals surface area (Å²) in [6, 6.07) is 0. The first-order valence-corrected chi connectivity index (χ1v) is 7.73. The van der Waals surface area contributed by atoms with Gasteiger partial charge in [0.1, 0.15) is 6.61 Å². The number of rotatable bonds is 10. The Kier molecular flexibility index (Phi) is 17.6. The lowest BCUT2D eigenvalue weighted by atomic mass is 10.0. The average molecular weight is 319 g/mol. The molecule has 0 aliphatic heterocycles. The van der Waals surface area contributed by atoms with Gasteiger partial charge in [0.05, 0.1) is 12.5 Å². The van der Waals surface area contributed by atoms with Crippen LogP contribution in [0.5, 0.6) is 0 Å². The molecule has 0 spiro atoms. The Balaban J connectivity index is 0. The van der Waals surface area contributed by atoms with Crippen LogP contribution in [0.1, 0.15) is 39.5 Å². The third-order valence-electron chi connectivity index (χ3n) is 2.66. The molecule has 0 rings (SSSR count). The van der Waals surface area contributed by atoms with E-state index in [-0.39, 0.29) is 12.6 Å². The largest absolute Gasteiger partial charge is 0.462 e. The minimum Gasteiger partial charge on any atom is -0.462 e. The van der Waals surface area contributed by atoms with Gasteiger partial charge in [-0.3, -0.25) is 0 Å². The lowest BCUT2D eigenvalue weighted by Crippen LogP contribution is -2.12. The highest BCUT2D eigenvalue weighted by molar-refractivity contribution is 6.18. The van der Waals surface area contributed by atoms with Gasteiger partial charge in [-0.05, 0) is 12.3 Å². The second-order valence-corrected chi connectivity index (χ2v) is 4.69.